The molecule has 1 aromatic heterocycles. The number of rotatable bonds is 2. The average molecular weight is 195 g/mol. The number of hydrogen-bond donors (Lipinski definition) is 2. The Hall–Kier alpha value is -1.03. The van der Waals surface area contributed by atoms with E-state index >= 15 is 0 Å². The van der Waals surface area contributed by atoms with Crippen LogP contribution < -0.4 is 5.73 Å². The van der Waals surface area contributed by atoms with E-state index in [4.69, 9.17) is 5.73 Å². The number of thiol groups is 1. The van der Waals surface area contributed by atoms with Crippen molar-refractivity contribution in [2.45, 2.75) is 19.8 Å². The zero-order chi connectivity index (χ0) is 9.84. The molecule has 1 rings (SSSR count). The van der Waals surface area contributed by atoms with E-state index < -0.39 is 0 Å². The standard InChI is InChI=1S/C9H13N3S/c1-6(2)9-8(10)7(5-12-13)3-4-11-9/h3-6,13H,10H2,1-2H3. The molecule has 0 aliphatic carbocycles. The molecule has 0 unspecified atom stereocenters. The molecule has 13 heavy (non-hydrogen) atoms. The van der Waals surface area contributed by atoms with Crippen LogP contribution in [0, 0.1) is 0 Å². The Morgan fingerprint density at radius 3 is 2.85 bits per heavy atom. The third kappa shape index (κ3) is 2.21. The van der Waals surface area contributed by atoms with E-state index in [-0.39, 0.29) is 0 Å². The van der Waals surface area contributed by atoms with Crippen molar-refractivity contribution < 1.29 is 0 Å². The van der Waals surface area contributed by atoms with E-state index in [1.165, 1.54) is 0 Å². The number of nitrogens with zero attached hydrogens (tertiary/aromatic N) is 2. The Morgan fingerprint density at radius 2 is 2.31 bits per heavy atom. The van der Waals surface area contributed by atoms with E-state index in [1.54, 1.807) is 12.4 Å². The highest BCUT2D eigenvalue weighted by Gasteiger charge is 2.07. The lowest BCUT2D eigenvalue weighted by molar-refractivity contribution is 0.826. The van der Waals surface area contributed by atoms with Crippen molar-refractivity contribution in [1.29, 1.82) is 0 Å². The van der Waals surface area contributed by atoms with E-state index in [9.17, 15) is 0 Å². The summed E-state index contributed by atoms with van der Waals surface area (Å²) in [6.45, 7) is 4.11. The molecule has 2 N–H and O–H groups in total. The van der Waals surface area contributed by atoms with Crippen LogP contribution in [-0.4, -0.2) is 11.2 Å². The average Bonchev–Trinajstić information content (AvgIpc) is 2.08. The van der Waals surface area contributed by atoms with Gasteiger partial charge in [-0.2, -0.15) is 0 Å². The lowest BCUT2D eigenvalue weighted by Gasteiger charge is -2.09. The lowest BCUT2D eigenvalue weighted by atomic mass is 10.1. The van der Waals surface area contributed by atoms with E-state index in [0.29, 0.717) is 11.6 Å². The molecule has 0 radical (unpaired) electrons. The van der Waals surface area contributed by atoms with Gasteiger partial charge in [0.05, 0.1) is 11.4 Å². The van der Waals surface area contributed by atoms with Crippen molar-refractivity contribution in [1.82, 2.24) is 4.98 Å². The van der Waals surface area contributed by atoms with Crippen LogP contribution in [0.25, 0.3) is 0 Å². The Labute approximate surface area is 83.6 Å². The monoisotopic (exact) mass is 195 g/mol. The van der Waals surface area contributed by atoms with Crippen LogP contribution in [-0.2, 0) is 0 Å². The maximum absolute atomic E-state index is 5.88. The van der Waals surface area contributed by atoms with Gasteiger partial charge >= 0.3 is 0 Å². The summed E-state index contributed by atoms with van der Waals surface area (Å²) in [5.41, 5.74) is 8.35. The van der Waals surface area contributed by atoms with Gasteiger partial charge in [0, 0.05) is 18.0 Å². The summed E-state index contributed by atoms with van der Waals surface area (Å²) in [6.07, 6.45) is 3.35. The van der Waals surface area contributed by atoms with Crippen molar-refractivity contribution in [3.8, 4) is 0 Å². The lowest BCUT2D eigenvalue weighted by Crippen LogP contribution is -2.03. The zero-order valence-electron chi connectivity index (χ0n) is 7.73. The first kappa shape index (κ1) is 10.1. The Morgan fingerprint density at radius 1 is 1.62 bits per heavy atom. The maximum Gasteiger partial charge on any atom is 0.0664 e. The minimum absolute atomic E-state index is 0.327. The van der Waals surface area contributed by atoms with Crippen molar-refractivity contribution in [3.05, 3.63) is 23.5 Å². The summed E-state index contributed by atoms with van der Waals surface area (Å²) in [5.74, 6) is 0.327. The summed E-state index contributed by atoms with van der Waals surface area (Å²) in [5, 5.41) is 0. The first-order valence-corrected chi connectivity index (χ1v) is 4.48. The highest BCUT2D eigenvalue weighted by atomic mass is 32.1. The van der Waals surface area contributed by atoms with Crippen molar-refractivity contribution in [3.63, 3.8) is 0 Å². The molecule has 3 nitrogen and oxygen atoms in total. The number of hydrogen-bond acceptors (Lipinski definition) is 4. The molecule has 0 atom stereocenters. The van der Waals surface area contributed by atoms with Gasteiger partial charge in [-0.05, 0) is 24.8 Å². The molecule has 0 bridgehead atoms. The SMILES string of the molecule is CC(C)c1nccc(C=NS)c1N. The molecule has 0 aliphatic heterocycles. The Balaban J connectivity index is 3.18. The van der Waals surface area contributed by atoms with Crippen LogP contribution in [0.1, 0.15) is 31.0 Å². The number of aromatic nitrogens is 1. The topological polar surface area (TPSA) is 51.3 Å². The summed E-state index contributed by atoms with van der Waals surface area (Å²) in [4.78, 5) is 4.21. The van der Waals surface area contributed by atoms with Crippen LogP contribution in [0.2, 0.25) is 0 Å². The summed E-state index contributed by atoms with van der Waals surface area (Å²) >= 11 is 3.76. The molecule has 70 valence electrons. The van der Waals surface area contributed by atoms with Gasteiger partial charge in [-0.1, -0.05) is 13.8 Å². The molecule has 0 amide bonds. The minimum atomic E-state index is 0.327. The molecule has 0 aromatic carbocycles. The zero-order valence-corrected chi connectivity index (χ0v) is 8.62. The van der Waals surface area contributed by atoms with Gasteiger partial charge in [0.25, 0.3) is 0 Å². The number of nitrogen functional groups attached to an aromatic ring is 1. The summed E-state index contributed by atoms with van der Waals surface area (Å²) in [7, 11) is 0. The molecule has 0 saturated heterocycles. The van der Waals surface area contributed by atoms with Crippen LogP contribution in [0.5, 0.6) is 0 Å². The largest absolute Gasteiger partial charge is 0.397 e. The molecule has 0 aliphatic rings. The van der Waals surface area contributed by atoms with Crippen molar-refractivity contribution >= 4 is 24.7 Å². The van der Waals surface area contributed by atoms with E-state index in [1.807, 2.05) is 6.07 Å². The molecule has 0 spiro atoms. The molecule has 4 heteroatoms. The van der Waals surface area contributed by atoms with Crippen molar-refractivity contribution in [2.75, 3.05) is 5.73 Å². The first-order valence-electron chi connectivity index (χ1n) is 4.08. The van der Waals surface area contributed by atoms with Gasteiger partial charge < -0.3 is 5.73 Å². The number of anilines is 1. The van der Waals surface area contributed by atoms with Gasteiger partial charge in [-0.25, -0.2) is 4.40 Å². The minimum Gasteiger partial charge on any atom is -0.397 e. The van der Waals surface area contributed by atoms with Crippen LogP contribution >= 0.6 is 12.8 Å². The van der Waals surface area contributed by atoms with E-state index in [2.05, 4.69) is 36.0 Å². The van der Waals surface area contributed by atoms with Gasteiger partial charge in [-0.3, -0.25) is 4.98 Å². The van der Waals surface area contributed by atoms with Gasteiger partial charge in [0.2, 0.25) is 0 Å². The smallest absolute Gasteiger partial charge is 0.0664 e. The predicted molar refractivity (Wildman–Crippen MR) is 59.3 cm³/mol. The van der Waals surface area contributed by atoms with Gasteiger partial charge in [-0.15, -0.1) is 0 Å². The fourth-order valence-corrected chi connectivity index (χ4v) is 1.26. The molecular weight excluding hydrogens is 182 g/mol. The molecule has 1 aromatic rings. The van der Waals surface area contributed by atoms with E-state index in [0.717, 1.165) is 11.3 Å². The second-order valence-corrected chi connectivity index (χ2v) is 3.33. The molecule has 0 fully saturated rings. The van der Waals surface area contributed by atoms with Crippen LogP contribution in [0.15, 0.2) is 16.7 Å². The second kappa shape index (κ2) is 4.28. The third-order valence-electron chi connectivity index (χ3n) is 1.80. The van der Waals surface area contributed by atoms with Crippen LogP contribution in [0.3, 0.4) is 0 Å². The predicted octanol–water partition coefficient (Wildman–Crippen LogP) is 2.05. The highest BCUT2D eigenvalue weighted by molar-refractivity contribution is 7.79. The molecule has 0 saturated carbocycles. The summed E-state index contributed by atoms with van der Waals surface area (Å²) in [6, 6.07) is 1.82. The summed E-state index contributed by atoms with van der Waals surface area (Å²) < 4.78 is 3.63. The Bertz CT molecular complexity index is 321. The van der Waals surface area contributed by atoms with Gasteiger partial charge in [0.1, 0.15) is 0 Å². The normalized spacial score (nSPS) is 11.4. The number of nitrogens with two attached hydrogens (primary N) is 1. The fourth-order valence-electron chi connectivity index (χ4n) is 1.14. The first-order chi connectivity index (χ1) is 6.16. The van der Waals surface area contributed by atoms with Crippen LogP contribution in [0.4, 0.5) is 5.69 Å². The third-order valence-corrected chi connectivity index (χ3v) is 1.91. The maximum atomic E-state index is 5.88. The quantitative estimate of drug-likeness (QED) is 0.560. The molecule has 1 heterocycles. The van der Waals surface area contributed by atoms with Gasteiger partial charge in [0.15, 0.2) is 0 Å². The highest BCUT2D eigenvalue weighted by Crippen LogP contribution is 2.21. The second-order valence-electron chi connectivity index (χ2n) is 3.10. The fraction of sp³-hybridized carbons (Fsp3) is 0.333. The Kier molecular flexibility index (Phi) is 3.31. The molecular formula is C9H13N3S. The van der Waals surface area contributed by atoms with Crippen molar-refractivity contribution in [2.24, 2.45) is 4.40 Å². The number of pyridine rings is 1.